The summed E-state index contributed by atoms with van der Waals surface area (Å²) in [4.78, 5) is 11.5. The molecule has 2 N–H and O–H groups in total. The van der Waals surface area contributed by atoms with Gasteiger partial charge in [0.15, 0.2) is 0 Å². The number of amides is 1. The average molecular weight is 253 g/mol. The zero-order chi connectivity index (χ0) is 12.3. The molecule has 0 bridgehead atoms. The molecule has 0 aliphatic heterocycles. The first-order chi connectivity index (χ1) is 8.16. The van der Waals surface area contributed by atoms with E-state index in [1.807, 2.05) is 31.2 Å². The first-order valence-electron chi connectivity index (χ1n) is 5.94. The lowest BCUT2D eigenvalue weighted by Crippen LogP contribution is -2.36. The summed E-state index contributed by atoms with van der Waals surface area (Å²) in [7, 11) is 0. The number of halogens is 1. The van der Waals surface area contributed by atoms with E-state index in [2.05, 4.69) is 10.6 Å². The van der Waals surface area contributed by atoms with Gasteiger partial charge in [-0.1, -0.05) is 29.8 Å². The van der Waals surface area contributed by atoms with E-state index in [-0.39, 0.29) is 11.9 Å². The summed E-state index contributed by atoms with van der Waals surface area (Å²) in [6.07, 6.45) is 2.23. The van der Waals surface area contributed by atoms with Gasteiger partial charge >= 0.3 is 0 Å². The Bertz CT molecular complexity index is 404. The molecule has 1 aliphatic carbocycles. The molecule has 1 amide bonds. The summed E-state index contributed by atoms with van der Waals surface area (Å²) in [5, 5.41) is 6.85. The molecule has 1 aliphatic rings. The van der Waals surface area contributed by atoms with Gasteiger partial charge in [0.25, 0.3) is 0 Å². The predicted molar refractivity (Wildman–Crippen MR) is 69.0 cm³/mol. The van der Waals surface area contributed by atoms with Gasteiger partial charge in [-0.25, -0.2) is 0 Å². The van der Waals surface area contributed by atoms with Crippen LogP contribution in [0.25, 0.3) is 0 Å². The first-order valence-corrected chi connectivity index (χ1v) is 6.32. The van der Waals surface area contributed by atoms with E-state index in [0.29, 0.717) is 12.6 Å². The van der Waals surface area contributed by atoms with Crippen LogP contribution in [-0.4, -0.2) is 18.5 Å². The first kappa shape index (κ1) is 12.4. The maximum absolute atomic E-state index is 11.5. The molecule has 1 saturated carbocycles. The van der Waals surface area contributed by atoms with Gasteiger partial charge in [-0.3, -0.25) is 4.79 Å². The number of hydrogen-bond acceptors (Lipinski definition) is 2. The number of rotatable bonds is 5. The van der Waals surface area contributed by atoms with Gasteiger partial charge in [0, 0.05) is 17.1 Å². The topological polar surface area (TPSA) is 41.1 Å². The molecule has 2 rings (SSSR count). The molecule has 3 nitrogen and oxygen atoms in total. The number of nitrogens with one attached hydrogen (secondary N) is 2. The molecular formula is C13H17ClN2O. The van der Waals surface area contributed by atoms with E-state index in [4.69, 9.17) is 11.6 Å². The van der Waals surface area contributed by atoms with E-state index >= 15 is 0 Å². The normalized spacial score (nSPS) is 16.6. The van der Waals surface area contributed by atoms with Crippen LogP contribution in [0.2, 0.25) is 5.02 Å². The average Bonchev–Trinajstić information content (AvgIpc) is 3.10. The second kappa shape index (κ2) is 5.52. The molecule has 0 heterocycles. The summed E-state index contributed by atoms with van der Waals surface area (Å²) >= 11 is 6.09. The van der Waals surface area contributed by atoms with Crippen LogP contribution in [0.4, 0.5) is 0 Å². The second-order valence-corrected chi connectivity index (χ2v) is 4.87. The van der Waals surface area contributed by atoms with Crippen LogP contribution in [0, 0.1) is 0 Å². The second-order valence-electron chi connectivity index (χ2n) is 4.47. The summed E-state index contributed by atoms with van der Waals surface area (Å²) in [5.74, 6) is 0.0615. The Labute approximate surface area is 107 Å². The number of carbonyl (C=O) groups excluding carboxylic acids is 1. The Balaban J connectivity index is 1.82. The van der Waals surface area contributed by atoms with E-state index in [0.717, 1.165) is 23.4 Å². The number of carbonyl (C=O) groups is 1. The highest BCUT2D eigenvalue weighted by Crippen LogP contribution is 2.22. The third kappa shape index (κ3) is 3.72. The Morgan fingerprint density at radius 2 is 2.18 bits per heavy atom. The fourth-order valence-corrected chi connectivity index (χ4v) is 1.99. The Hall–Kier alpha value is -1.06. The molecule has 0 radical (unpaired) electrons. The van der Waals surface area contributed by atoms with Crippen molar-refractivity contribution >= 4 is 17.5 Å². The zero-order valence-corrected chi connectivity index (χ0v) is 10.6. The minimum absolute atomic E-state index is 0.0615. The summed E-state index contributed by atoms with van der Waals surface area (Å²) in [6, 6.07) is 8.17. The van der Waals surface area contributed by atoms with Crippen molar-refractivity contribution in [1.82, 2.24) is 10.6 Å². The maximum atomic E-state index is 11.5. The fraction of sp³-hybridized carbons (Fsp3) is 0.462. The fourth-order valence-electron chi connectivity index (χ4n) is 1.69. The number of hydrogen-bond donors (Lipinski definition) is 2. The molecular weight excluding hydrogens is 236 g/mol. The van der Waals surface area contributed by atoms with E-state index in [1.165, 1.54) is 0 Å². The Kier molecular flexibility index (Phi) is 4.02. The van der Waals surface area contributed by atoms with Gasteiger partial charge in [0.1, 0.15) is 0 Å². The standard InChI is InChI=1S/C13H17ClN2O/c1-9(11-4-2-3-5-12(11)14)15-8-13(17)16-10-6-7-10/h2-5,9-10,15H,6-8H2,1H3,(H,16,17)/t9-/m0/s1. The summed E-state index contributed by atoms with van der Waals surface area (Å²) in [5.41, 5.74) is 1.02. The van der Waals surface area contributed by atoms with Crippen molar-refractivity contribution in [2.75, 3.05) is 6.54 Å². The SMILES string of the molecule is C[C@H](NCC(=O)NC1CC1)c1ccccc1Cl. The molecule has 1 atom stereocenters. The quantitative estimate of drug-likeness (QED) is 0.844. The van der Waals surface area contributed by atoms with Crippen LogP contribution in [-0.2, 0) is 4.79 Å². The smallest absolute Gasteiger partial charge is 0.234 e. The molecule has 1 aromatic carbocycles. The molecule has 4 heteroatoms. The van der Waals surface area contributed by atoms with Crippen molar-refractivity contribution < 1.29 is 4.79 Å². The lowest BCUT2D eigenvalue weighted by atomic mass is 10.1. The van der Waals surface area contributed by atoms with Gasteiger partial charge in [-0.05, 0) is 31.4 Å². The molecule has 0 spiro atoms. The van der Waals surface area contributed by atoms with Crippen LogP contribution in [0.1, 0.15) is 31.4 Å². The lowest BCUT2D eigenvalue weighted by molar-refractivity contribution is -0.120. The van der Waals surface area contributed by atoms with Crippen molar-refractivity contribution in [2.45, 2.75) is 31.8 Å². The predicted octanol–water partition coefficient (Wildman–Crippen LogP) is 2.27. The van der Waals surface area contributed by atoms with Crippen LogP contribution in [0.3, 0.4) is 0 Å². The van der Waals surface area contributed by atoms with Crippen molar-refractivity contribution in [3.05, 3.63) is 34.9 Å². The van der Waals surface area contributed by atoms with E-state index in [9.17, 15) is 4.79 Å². The number of benzene rings is 1. The van der Waals surface area contributed by atoms with Gasteiger partial charge in [-0.2, -0.15) is 0 Å². The Morgan fingerprint density at radius 1 is 1.47 bits per heavy atom. The van der Waals surface area contributed by atoms with Crippen molar-refractivity contribution in [2.24, 2.45) is 0 Å². The molecule has 1 fully saturated rings. The van der Waals surface area contributed by atoms with Gasteiger partial charge in [-0.15, -0.1) is 0 Å². The molecule has 92 valence electrons. The third-order valence-electron chi connectivity index (χ3n) is 2.88. The monoisotopic (exact) mass is 252 g/mol. The minimum atomic E-state index is 0.0615. The highest BCUT2D eigenvalue weighted by Gasteiger charge is 2.23. The van der Waals surface area contributed by atoms with E-state index in [1.54, 1.807) is 0 Å². The summed E-state index contributed by atoms with van der Waals surface area (Å²) in [6.45, 7) is 2.34. The third-order valence-corrected chi connectivity index (χ3v) is 3.23. The van der Waals surface area contributed by atoms with Crippen molar-refractivity contribution in [1.29, 1.82) is 0 Å². The van der Waals surface area contributed by atoms with Gasteiger partial charge in [0.2, 0.25) is 5.91 Å². The van der Waals surface area contributed by atoms with Gasteiger partial charge < -0.3 is 10.6 Å². The Morgan fingerprint density at radius 3 is 2.82 bits per heavy atom. The van der Waals surface area contributed by atoms with Crippen LogP contribution >= 0.6 is 11.6 Å². The summed E-state index contributed by atoms with van der Waals surface area (Å²) < 4.78 is 0. The van der Waals surface area contributed by atoms with Crippen molar-refractivity contribution in [3.8, 4) is 0 Å². The van der Waals surface area contributed by atoms with E-state index < -0.39 is 0 Å². The van der Waals surface area contributed by atoms with Crippen LogP contribution in [0.15, 0.2) is 24.3 Å². The maximum Gasteiger partial charge on any atom is 0.234 e. The molecule has 0 aromatic heterocycles. The lowest BCUT2D eigenvalue weighted by Gasteiger charge is -2.15. The van der Waals surface area contributed by atoms with Crippen LogP contribution < -0.4 is 10.6 Å². The van der Waals surface area contributed by atoms with Gasteiger partial charge in [0.05, 0.1) is 6.54 Å². The minimum Gasteiger partial charge on any atom is -0.352 e. The van der Waals surface area contributed by atoms with Crippen molar-refractivity contribution in [3.63, 3.8) is 0 Å². The molecule has 0 unspecified atom stereocenters. The highest BCUT2D eigenvalue weighted by molar-refractivity contribution is 6.31. The molecule has 1 aromatic rings. The highest BCUT2D eigenvalue weighted by atomic mass is 35.5. The molecule has 17 heavy (non-hydrogen) atoms. The largest absolute Gasteiger partial charge is 0.352 e. The van der Waals surface area contributed by atoms with Crippen LogP contribution in [0.5, 0.6) is 0 Å². The molecule has 0 saturated heterocycles. The zero-order valence-electron chi connectivity index (χ0n) is 9.87.